The Hall–Kier alpha value is -2.90. The Kier molecular flexibility index (Phi) is 6.62. The first-order valence-electron chi connectivity index (χ1n) is 10.1. The van der Waals surface area contributed by atoms with Crippen molar-refractivity contribution in [3.05, 3.63) is 16.6 Å². The van der Waals surface area contributed by atoms with Crippen molar-refractivity contribution in [2.24, 2.45) is 11.5 Å². The van der Waals surface area contributed by atoms with E-state index in [2.05, 4.69) is 4.98 Å². The number of hydrogen-bond acceptors (Lipinski definition) is 10. The molecule has 6 atom stereocenters. The molecule has 5 amide bonds. The summed E-state index contributed by atoms with van der Waals surface area (Å²) in [5.41, 5.74) is 13.7. The van der Waals surface area contributed by atoms with Crippen LogP contribution in [-0.4, -0.2) is 81.7 Å². The van der Waals surface area contributed by atoms with Crippen molar-refractivity contribution in [2.45, 2.75) is 57.3 Å². The van der Waals surface area contributed by atoms with E-state index in [9.17, 15) is 24.0 Å². The molecule has 0 aliphatic carbocycles. The highest BCUT2D eigenvalue weighted by atomic mass is 32.1. The maximum atomic E-state index is 14.0. The van der Waals surface area contributed by atoms with Crippen molar-refractivity contribution >= 4 is 41.2 Å². The van der Waals surface area contributed by atoms with Gasteiger partial charge in [0.2, 0.25) is 0 Å². The molecule has 3 rings (SSSR count). The Balaban J connectivity index is 2.14. The maximum Gasteiger partial charge on any atom is 0.420 e. The molecule has 2 unspecified atom stereocenters. The number of imide groups is 2. The third-order valence-corrected chi connectivity index (χ3v) is 6.48. The van der Waals surface area contributed by atoms with E-state index in [-0.39, 0.29) is 19.6 Å². The summed E-state index contributed by atoms with van der Waals surface area (Å²) in [7, 11) is 0. The smallest absolute Gasteiger partial charge is 0.420 e. The van der Waals surface area contributed by atoms with E-state index < -0.39 is 64.5 Å². The summed E-state index contributed by atoms with van der Waals surface area (Å²) in [6.45, 7) is 4.21. The number of nitrogens with zero attached hydrogens (tertiary/aromatic N) is 3. The average Bonchev–Trinajstić information content (AvgIpc) is 3.43. The van der Waals surface area contributed by atoms with Crippen LogP contribution >= 0.6 is 11.3 Å². The molecule has 32 heavy (non-hydrogen) atoms. The molecule has 2 fully saturated rings. The van der Waals surface area contributed by atoms with Gasteiger partial charge in [-0.1, -0.05) is 0 Å². The van der Waals surface area contributed by atoms with Crippen LogP contribution in [0.2, 0.25) is 0 Å². The number of nitrogens with two attached hydrogens (primary N) is 2. The van der Waals surface area contributed by atoms with Crippen molar-refractivity contribution in [3.63, 3.8) is 0 Å². The number of ether oxygens (including phenoxy) is 2. The first-order valence-corrected chi connectivity index (χ1v) is 11.1. The van der Waals surface area contributed by atoms with Crippen LogP contribution in [0.15, 0.2) is 10.9 Å². The Morgan fingerprint density at radius 2 is 2.09 bits per heavy atom. The zero-order valence-corrected chi connectivity index (χ0v) is 18.7. The van der Waals surface area contributed by atoms with E-state index in [1.807, 2.05) is 0 Å². The van der Waals surface area contributed by atoms with Crippen LogP contribution in [-0.2, 0) is 23.9 Å². The van der Waals surface area contributed by atoms with Crippen molar-refractivity contribution in [2.75, 3.05) is 13.2 Å². The number of primary amides is 1. The molecule has 174 valence electrons. The van der Waals surface area contributed by atoms with Crippen molar-refractivity contribution in [3.8, 4) is 0 Å². The summed E-state index contributed by atoms with van der Waals surface area (Å²) >= 11 is 1.30. The molecule has 0 spiro atoms. The molecule has 2 aliphatic rings. The number of thiazole rings is 1. The third kappa shape index (κ3) is 3.65. The molecule has 1 aromatic rings. The monoisotopic (exact) mass is 468 g/mol. The Bertz CT molecular complexity index is 937. The molecule has 2 aliphatic heterocycles. The molecule has 0 aromatic carbocycles. The lowest BCUT2D eigenvalue weighted by molar-refractivity contribution is -0.784. The van der Waals surface area contributed by atoms with Gasteiger partial charge < -0.3 is 20.9 Å². The highest BCUT2D eigenvalue weighted by molar-refractivity contribution is 7.07. The van der Waals surface area contributed by atoms with Gasteiger partial charge in [0.15, 0.2) is 12.1 Å². The van der Waals surface area contributed by atoms with Crippen molar-refractivity contribution in [1.29, 1.82) is 0 Å². The number of likely N-dealkylation sites (tertiary alicyclic amines) is 1. The number of quaternary nitrogens is 1. The number of carbonyl (C=O) groups is 5. The molecule has 13 heteroatoms. The van der Waals surface area contributed by atoms with Gasteiger partial charge in [0.1, 0.15) is 12.1 Å². The summed E-state index contributed by atoms with van der Waals surface area (Å²) in [6.07, 6.45) is -3.00. The molecule has 4 N–H and O–H groups in total. The normalized spacial score (nSPS) is 30.6. The first kappa shape index (κ1) is 23.8. The second-order valence-corrected chi connectivity index (χ2v) is 8.53. The molecule has 0 radical (unpaired) electrons. The first-order chi connectivity index (χ1) is 15.1. The largest absolute Gasteiger partial charge is 0.449 e. The van der Waals surface area contributed by atoms with Crippen molar-refractivity contribution < 1.29 is 37.9 Å². The lowest BCUT2D eigenvalue weighted by atomic mass is 9.94. The fourth-order valence-corrected chi connectivity index (χ4v) is 5.19. The van der Waals surface area contributed by atoms with Crippen LogP contribution in [0.3, 0.4) is 0 Å². The highest BCUT2D eigenvalue weighted by Crippen LogP contribution is 2.42. The maximum absolute atomic E-state index is 14.0. The molecule has 12 nitrogen and oxygen atoms in total. The Morgan fingerprint density at radius 3 is 2.62 bits per heavy atom. The van der Waals surface area contributed by atoms with Crippen LogP contribution in [0.1, 0.15) is 38.8 Å². The Labute approximate surface area is 188 Å². The summed E-state index contributed by atoms with van der Waals surface area (Å²) in [5, 5.41) is 1.72. The summed E-state index contributed by atoms with van der Waals surface area (Å²) in [5.74, 6) is -3.12. The minimum atomic E-state index is -1.50. The molecular formula is C19H26N5O7S+. The molecule has 0 saturated carbocycles. The zero-order chi connectivity index (χ0) is 23.8. The van der Waals surface area contributed by atoms with Crippen LogP contribution in [0.25, 0.3) is 0 Å². The van der Waals surface area contributed by atoms with Gasteiger partial charge in [-0.2, -0.15) is 9.38 Å². The van der Waals surface area contributed by atoms with Crippen LogP contribution in [0.4, 0.5) is 9.59 Å². The van der Waals surface area contributed by atoms with E-state index in [0.717, 1.165) is 0 Å². The van der Waals surface area contributed by atoms with E-state index in [1.54, 1.807) is 10.9 Å². The van der Waals surface area contributed by atoms with E-state index in [0.29, 0.717) is 10.6 Å². The molecule has 0 bridgehead atoms. The fraction of sp³-hybridized carbons (Fsp3) is 0.579. The SMILES string of the molecule is CCOC(=O)N1C(=O)OC(C)C1C(=O)[N@@+]1(C(=O)[C@H](C)N)CC[C@H](c2cscn2)[C@H]1C(N)=O. The van der Waals surface area contributed by atoms with Gasteiger partial charge in [0, 0.05) is 11.8 Å². The summed E-state index contributed by atoms with van der Waals surface area (Å²) in [6, 6.07) is -3.94. The van der Waals surface area contributed by atoms with E-state index in [4.69, 9.17) is 20.9 Å². The van der Waals surface area contributed by atoms with E-state index >= 15 is 0 Å². The number of carbonyl (C=O) groups excluding carboxylic acids is 5. The standard InChI is InChI=1S/C19H25N5O7S/c1-4-30-18(28)23-13(10(3)31-19(23)29)17(27)24(16(26)9(2)20)6-5-11(14(24)15(21)25)12-7-32-8-22-12/h7-11,13-14H,4-6,20H2,1-3H3,(H-,21,25)/p+1/t9-,10?,11+,13?,14-,24-/m0/s1. The average molecular weight is 469 g/mol. The van der Waals surface area contributed by atoms with Gasteiger partial charge in [0.05, 0.1) is 30.3 Å². The topological polar surface area (TPSA) is 172 Å². The molecule has 2 saturated heterocycles. The lowest BCUT2D eigenvalue weighted by Gasteiger charge is -2.38. The molecular weight excluding hydrogens is 442 g/mol. The number of amides is 5. The second kappa shape index (κ2) is 8.92. The number of cyclic esters (lactones) is 1. The van der Waals surface area contributed by atoms with Crippen LogP contribution < -0.4 is 11.5 Å². The minimum absolute atomic E-state index is 0.0491. The van der Waals surface area contributed by atoms with Gasteiger partial charge in [-0.25, -0.2) is 24.2 Å². The second-order valence-electron chi connectivity index (χ2n) is 7.82. The number of rotatable bonds is 5. The van der Waals surface area contributed by atoms with Crippen molar-refractivity contribution in [1.82, 2.24) is 9.88 Å². The van der Waals surface area contributed by atoms with Gasteiger partial charge >= 0.3 is 24.0 Å². The highest BCUT2D eigenvalue weighted by Gasteiger charge is 2.67. The third-order valence-electron chi connectivity index (χ3n) is 5.87. The van der Waals surface area contributed by atoms with Gasteiger partial charge in [-0.05, 0) is 20.8 Å². The number of aromatic nitrogens is 1. The lowest BCUT2D eigenvalue weighted by Crippen LogP contribution is -2.71. The number of hydrogen-bond donors (Lipinski definition) is 2. The fourth-order valence-electron chi connectivity index (χ4n) is 4.58. The van der Waals surface area contributed by atoms with Gasteiger partial charge in [-0.3, -0.25) is 4.79 Å². The molecule has 3 heterocycles. The minimum Gasteiger partial charge on any atom is -0.449 e. The quantitative estimate of drug-likeness (QED) is 0.567. The Morgan fingerprint density at radius 1 is 1.41 bits per heavy atom. The predicted molar refractivity (Wildman–Crippen MR) is 110 cm³/mol. The van der Waals surface area contributed by atoms with Crippen LogP contribution in [0, 0.1) is 0 Å². The van der Waals surface area contributed by atoms with E-state index in [1.165, 1.54) is 32.1 Å². The predicted octanol–water partition coefficient (Wildman–Crippen LogP) is 0.0673. The zero-order valence-electron chi connectivity index (χ0n) is 17.9. The van der Waals surface area contributed by atoms with Gasteiger partial charge in [-0.15, -0.1) is 11.3 Å². The van der Waals surface area contributed by atoms with Gasteiger partial charge in [0.25, 0.3) is 5.91 Å². The van der Waals surface area contributed by atoms with Crippen LogP contribution in [0.5, 0.6) is 0 Å². The summed E-state index contributed by atoms with van der Waals surface area (Å²) in [4.78, 5) is 69.7. The molecule has 1 aromatic heterocycles. The summed E-state index contributed by atoms with van der Waals surface area (Å²) < 4.78 is 8.97.